The van der Waals surface area contributed by atoms with Crippen molar-refractivity contribution < 1.29 is 14.6 Å². The molecule has 1 aromatic carbocycles. The average molecular weight is 292 g/mol. The van der Waals surface area contributed by atoms with Crippen molar-refractivity contribution in [2.75, 3.05) is 25.5 Å². The maximum atomic E-state index is 11.2. The van der Waals surface area contributed by atoms with Gasteiger partial charge in [0.25, 0.3) is 0 Å². The third kappa shape index (κ3) is 4.11. The molecular formula is C16H24N2O3. The molecule has 0 saturated carbocycles. The van der Waals surface area contributed by atoms with E-state index in [0.29, 0.717) is 12.5 Å². The number of carboxylic acids is 1. The summed E-state index contributed by atoms with van der Waals surface area (Å²) in [6, 6.07) is 7.95. The number of nitrogens with zero attached hydrogens (tertiary/aromatic N) is 1. The van der Waals surface area contributed by atoms with Crippen molar-refractivity contribution in [3.63, 3.8) is 0 Å². The monoisotopic (exact) mass is 292 g/mol. The Bertz CT molecular complexity index is 470. The number of carboxylic acid groups (broad SMARTS) is 1. The first-order chi connectivity index (χ1) is 10.1. The Balaban J connectivity index is 1.87. The predicted octanol–water partition coefficient (Wildman–Crippen LogP) is 2.43. The molecule has 0 bridgehead atoms. The van der Waals surface area contributed by atoms with Gasteiger partial charge in [-0.2, -0.15) is 0 Å². The fraction of sp³-hybridized carbons (Fsp3) is 0.562. The summed E-state index contributed by atoms with van der Waals surface area (Å²) in [6.45, 7) is 3.58. The van der Waals surface area contributed by atoms with Gasteiger partial charge in [0, 0.05) is 30.9 Å². The van der Waals surface area contributed by atoms with E-state index in [4.69, 9.17) is 4.74 Å². The molecule has 5 nitrogen and oxygen atoms in total. The highest BCUT2D eigenvalue weighted by Crippen LogP contribution is 2.22. The number of aliphatic carboxylic acids is 1. The first-order valence-corrected chi connectivity index (χ1v) is 7.51. The lowest BCUT2D eigenvalue weighted by molar-refractivity contribution is -0.143. The zero-order valence-corrected chi connectivity index (χ0v) is 12.7. The second-order valence-corrected chi connectivity index (χ2v) is 5.45. The van der Waals surface area contributed by atoms with Gasteiger partial charge in [-0.05, 0) is 31.4 Å². The molecule has 0 radical (unpaired) electrons. The van der Waals surface area contributed by atoms with Crippen molar-refractivity contribution in [3.8, 4) is 5.75 Å². The van der Waals surface area contributed by atoms with Gasteiger partial charge in [-0.15, -0.1) is 0 Å². The van der Waals surface area contributed by atoms with Gasteiger partial charge >= 0.3 is 5.97 Å². The van der Waals surface area contributed by atoms with Crippen LogP contribution >= 0.6 is 0 Å². The van der Waals surface area contributed by atoms with E-state index in [9.17, 15) is 9.90 Å². The second kappa shape index (κ2) is 7.31. The molecule has 5 heteroatoms. The molecule has 21 heavy (non-hydrogen) atoms. The number of methoxy groups -OCH3 is 1. The molecule has 0 amide bonds. The molecule has 0 aliphatic carbocycles. The summed E-state index contributed by atoms with van der Waals surface area (Å²) in [6.07, 6.45) is 2.57. The largest absolute Gasteiger partial charge is 0.497 e. The summed E-state index contributed by atoms with van der Waals surface area (Å²) in [5.74, 6) is 0.131. The molecule has 0 aromatic heterocycles. The highest BCUT2D eigenvalue weighted by Gasteiger charge is 2.28. The van der Waals surface area contributed by atoms with Crippen LogP contribution in [0.3, 0.4) is 0 Å². The second-order valence-electron chi connectivity index (χ2n) is 5.45. The molecule has 0 unspecified atom stereocenters. The van der Waals surface area contributed by atoms with E-state index in [0.717, 1.165) is 37.4 Å². The lowest BCUT2D eigenvalue weighted by Crippen LogP contribution is -2.47. The highest BCUT2D eigenvalue weighted by molar-refractivity contribution is 5.73. The number of carbonyl (C=O) groups is 1. The Labute approximate surface area is 125 Å². The predicted molar refractivity (Wildman–Crippen MR) is 82.9 cm³/mol. The van der Waals surface area contributed by atoms with Crippen LogP contribution in [0.5, 0.6) is 5.75 Å². The van der Waals surface area contributed by atoms with Crippen LogP contribution in [0.25, 0.3) is 0 Å². The van der Waals surface area contributed by atoms with Gasteiger partial charge in [0.15, 0.2) is 0 Å². The molecule has 1 heterocycles. The fourth-order valence-electron chi connectivity index (χ4n) is 2.89. The van der Waals surface area contributed by atoms with Gasteiger partial charge in [0.1, 0.15) is 11.8 Å². The van der Waals surface area contributed by atoms with Crippen LogP contribution < -0.4 is 10.1 Å². The Hall–Kier alpha value is -1.75. The lowest BCUT2D eigenvalue weighted by atomic mass is 10.0. The third-order valence-electron chi connectivity index (χ3n) is 4.08. The van der Waals surface area contributed by atoms with Crippen molar-refractivity contribution in [3.05, 3.63) is 24.3 Å². The molecule has 1 fully saturated rings. The molecule has 1 aliphatic rings. The Morgan fingerprint density at radius 1 is 1.48 bits per heavy atom. The van der Waals surface area contributed by atoms with E-state index in [1.807, 2.05) is 31.2 Å². The summed E-state index contributed by atoms with van der Waals surface area (Å²) in [5, 5.41) is 12.7. The van der Waals surface area contributed by atoms with Crippen LogP contribution in [0.1, 0.15) is 26.2 Å². The number of benzene rings is 1. The number of anilines is 1. The summed E-state index contributed by atoms with van der Waals surface area (Å²) in [4.78, 5) is 13.3. The first-order valence-electron chi connectivity index (χ1n) is 7.51. The third-order valence-corrected chi connectivity index (χ3v) is 4.08. The summed E-state index contributed by atoms with van der Waals surface area (Å²) >= 11 is 0. The lowest BCUT2D eigenvalue weighted by Gasteiger charge is -2.36. The average Bonchev–Trinajstić information content (AvgIpc) is 2.49. The molecule has 0 spiro atoms. The minimum atomic E-state index is -0.711. The van der Waals surface area contributed by atoms with Crippen LogP contribution in [0.2, 0.25) is 0 Å². The van der Waals surface area contributed by atoms with Crippen molar-refractivity contribution in [1.82, 2.24) is 4.90 Å². The minimum Gasteiger partial charge on any atom is -0.497 e. The molecule has 2 rings (SSSR count). The molecule has 1 atom stereocenters. The first kappa shape index (κ1) is 15.6. The van der Waals surface area contributed by atoms with Gasteiger partial charge in [-0.1, -0.05) is 13.0 Å². The highest BCUT2D eigenvalue weighted by atomic mass is 16.5. The summed E-state index contributed by atoms with van der Waals surface area (Å²) < 4.78 is 5.22. The van der Waals surface area contributed by atoms with Crippen molar-refractivity contribution in [2.24, 2.45) is 0 Å². The normalized spacial score (nSPS) is 18.2. The SMILES string of the molecule is CC[C@@H](C(=O)O)N1CCC(Nc2cccc(OC)c2)CC1. The number of piperidine rings is 1. The number of hydrogen-bond acceptors (Lipinski definition) is 4. The smallest absolute Gasteiger partial charge is 0.320 e. The molecule has 1 aliphatic heterocycles. The standard InChI is InChI=1S/C16H24N2O3/c1-3-15(16(19)20)18-9-7-12(8-10-18)17-13-5-4-6-14(11-13)21-2/h4-6,11-12,15,17H,3,7-10H2,1-2H3,(H,19,20)/t15-/m0/s1. The quantitative estimate of drug-likeness (QED) is 0.843. The number of likely N-dealkylation sites (tertiary alicyclic amines) is 1. The van der Waals surface area contributed by atoms with Gasteiger partial charge in [-0.3, -0.25) is 9.69 Å². The van der Waals surface area contributed by atoms with Gasteiger partial charge in [0.2, 0.25) is 0 Å². The maximum Gasteiger partial charge on any atom is 0.320 e. The van der Waals surface area contributed by atoms with Gasteiger partial charge < -0.3 is 15.2 Å². The zero-order chi connectivity index (χ0) is 15.2. The Morgan fingerprint density at radius 2 is 2.19 bits per heavy atom. The van der Waals surface area contributed by atoms with Gasteiger partial charge in [0.05, 0.1) is 7.11 Å². The summed E-state index contributed by atoms with van der Waals surface area (Å²) in [5.41, 5.74) is 1.05. The van der Waals surface area contributed by atoms with E-state index in [2.05, 4.69) is 10.2 Å². The van der Waals surface area contributed by atoms with E-state index in [1.54, 1.807) is 7.11 Å². The van der Waals surface area contributed by atoms with Crippen LogP contribution in [-0.2, 0) is 4.79 Å². The van der Waals surface area contributed by atoms with Crippen LogP contribution in [-0.4, -0.2) is 48.3 Å². The van der Waals surface area contributed by atoms with Crippen molar-refractivity contribution in [2.45, 2.75) is 38.3 Å². The van der Waals surface area contributed by atoms with E-state index in [1.165, 1.54) is 0 Å². The van der Waals surface area contributed by atoms with E-state index < -0.39 is 5.97 Å². The van der Waals surface area contributed by atoms with Crippen LogP contribution in [0.4, 0.5) is 5.69 Å². The molecule has 1 aromatic rings. The summed E-state index contributed by atoms with van der Waals surface area (Å²) in [7, 11) is 1.66. The Kier molecular flexibility index (Phi) is 5.44. The molecule has 1 saturated heterocycles. The van der Waals surface area contributed by atoms with E-state index in [-0.39, 0.29) is 6.04 Å². The number of rotatable bonds is 6. The molecule has 2 N–H and O–H groups in total. The number of ether oxygens (including phenoxy) is 1. The maximum absolute atomic E-state index is 11.2. The van der Waals surface area contributed by atoms with Crippen LogP contribution in [0.15, 0.2) is 24.3 Å². The zero-order valence-electron chi connectivity index (χ0n) is 12.7. The topological polar surface area (TPSA) is 61.8 Å². The fourth-order valence-corrected chi connectivity index (χ4v) is 2.89. The van der Waals surface area contributed by atoms with E-state index >= 15 is 0 Å². The van der Waals surface area contributed by atoms with Crippen molar-refractivity contribution >= 4 is 11.7 Å². The number of hydrogen-bond donors (Lipinski definition) is 2. The minimum absolute atomic E-state index is 0.345. The van der Waals surface area contributed by atoms with Gasteiger partial charge in [-0.25, -0.2) is 0 Å². The molecular weight excluding hydrogens is 268 g/mol. The Morgan fingerprint density at radius 3 is 2.76 bits per heavy atom. The number of nitrogens with one attached hydrogen (secondary N) is 1. The van der Waals surface area contributed by atoms with Crippen molar-refractivity contribution in [1.29, 1.82) is 0 Å². The van der Waals surface area contributed by atoms with Crippen LogP contribution in [0, 0.1) is 0 Å². The molecule has 116 valence electrons.